The summed E-state index contributed by atoms with van der Waals surface area (Å²) in [6, 6.07) is 0. The Bertz CT molecular complexity index is 206. The molecule has 22 heavy (non-hydrogen) atoms. The predicted octanol–water partition coefficient (Wildman–Crippen LogP) is 2.49. The molecule has 0 amide bonds. The molecule has 3 N–H and O–H groups in total. The standard InChI is InChI=1S/C7H12O2.3C3H8O.Ti/c1-3-4-7(9)5-6(2)8;3*1-3(2)4;/h3-5H2,1-2H3;3*3-4H,1-2H3;. The van der Waals surface area contributed by atoms with Gasteiger partial charge in [0, 0.05) is 46.5 Å². The average molecular weight is 356 g/mol. The normalized spacial score (nSPS) is 8.64. The van der Waals surface area contributed by atoms with Gasteiger partial charge >= 0.3 is 0 Å². The summed E-state index contributed by atoms with van der Waals surface area (Å²) in [6.45, 7) is 13.7. The molecule has 0 aromatic rings. The molecule has 6 heteroatoms. The van der Waals surface area contributed by atoms with E-state index in [1.54, 1.807) is 41.5 Å². The number of aliphatic hydroxyl groups excluding tert-OH is 3. The van der Waals surface area contributed by atoms with Crippen molar-refractivity contribution >= 4 is 11.6 Å². The van der Waals surface area contributed by atoms with Crippen molar-refractivity contribution in [1.82, 2.24) is 0 Å². The monoisotopic (exact) mass is 356 g/mol. The minimum absolute atomic E-state index is 0. The first-order chi connectivity index (χ1) is 9.36. The summed E-state index contributed by atoms with van der Waals surface area (Å²) < 4.78 is 0. The van der Waals surface area contributed by atoms with Crippen LogP contribution in [0.2, 0.25) is 0 Å². The van der Waals surface area contributed by atoms with E-state index in [4.69, 9.17) is 15.3 Å². The Morgan fingerprint density at radius 1 is 0.818 bits per heavy atom. The Labute approximate surface area is 151 Å². The topological polar surface area (TPSA) is 94.8 Å². The maximum atomic E-state index is 10.6. The van der Waals surface area contributed by atoms with E-state index < -0.39 is 0 Å². The van der Waals surface area contributed by atoms with Gasteiger partial charge in [-0.1, -0.05) is 6.92 Å². The first-order valence-electron chi connectivity index (χ1n) is 7.41. The second-order valence-electron chi connectivity index (χ2n) is 5.45. The number of hydrogen-bond acceptors (Lipinski definition) is 5. The number of aliphatic hydroxyl groups is 3. The van der Waals surface area contributed by atoms with E-state index in [-0.39, 0.29) is 58.0 Å². The average Bonchev–Trinajstić information content (AvgIpc) is 2.12. The van der Waals surface area contributed by atoms with Crippen LogP contribution in [-0.4, -0.2) is 45.2 Å². The van der Waals surface area contributed by atoms with Crippen molar-refractivity contribution in [3.8, 4) is 0 Å². The zero-order valence-corrected chi connectivity index (χ0v) is 17.1. The molecule has 0 radical (unpaired) electrons. The molecular weight excluding hydrogens is 320 g/mol. The summed E-state index contributed by atoms with van der Waals surface area (Å²) in [5, 5.41) is 24.2. The second-order valence-corrected chi connectivity index (χ2v) is 5.45. The Morgan fingerprint density at radius 3 is 1.18 bits per heavy atom. The molecule has 0 aromatic heterocycles. The van der Waals surface area contributed by atoms with E-state index in [0.29, 0.717) is 6.42 Å². The van der Waals surface area contributed by atoms with E-state index in [0.717, 1.165) is 6.42 Å². The third kappa shape index (κ3) is 149. The molecule has 0 spiro atoms. The predicted molar refractivity (Wildman–Crippen MR) is 87.3 cm³/mol. The van der Waals surface area contributed by atoms with Gasteiger partial charge in [0.1, 0.15) is 11.6 Å². The molecule has 0 rings (SSSR count). The first-order valence-corrected chi connectivity index (χ1v) is 7.41. The third-order valence-electron chi connectivity index (χ3n) is 0.975. The quantitative estimate of drug-likeness (QED) is 0.531. The van der Waals surface area contributed by atoms with Crippen molar-refractivity contribution in [2.45, 2.75) is 93.0 Å². The SMILES string of the molecule is CC(C)O.CC(C)O.CC(C)O.CCCC(=O)CC(C)=O.[Ti]. The van der Waals surface area contributed by atoms with Crippen LogP contribution >= 0.6 is 0 Å². The van der Waals surface area contributed by atoms with Gasteiger partial charge in [-0.2, -0.15) is 0 Å². The van der Waals surface area contributed by atoms with Gasteiger partial charge in [0.25, 0.3) is 0 Å². The summed E-state index contributed by atoms with van der Waals surface area (Å²) in [5.41, 5.74) is 0. The third-order valence-corrected chi connectivity index (χ3v) is 0.975. The van der Waals surface area contributed by atoms with Crippen molar-refractivity contribution in [3.05, 3.63) is 0 Å². The van der Waals surface area contributed by atoms with Crippen molar-refractivity contribution in [2.75, 3.05) is 0 Å². The van der Waals surface area contributed by atoms with Crippen LogP contribution in [0.15, 0.2) is 0 Å². The smallest absolute Gasteiger partial charge is 0.140 e. The Kier molecular flexibility index (Phi) is 39.4. The Morgan fingerprint density at radius 2 is 1.05 bits per heavy atom. The summed E-state index contributed by atoms with van der Waals surface area (Å²) in [5.74, 6) is 0.0263. The van der Waals surface area contributed by atoms with E-state index in [1.165, 1.54) is 6.92 Å². The molecule has 134 valence electrons. The van der Waals surface area contributed by atoms with Gasteiger partial charge in [0.2, 0.25) is 0 Å². The van der Waals surface area contributed by atoms with Crippen LogP contribution in [-0.2, 0) is 31.3 Å². The molecule has 0 fully saturated rings. The van der Waals surface area contributed by atoms with Crippen LogP contribution in [0.1, 0.15) is 74.7 Å². The van der Waals surface area contributed by atoms with Crippen molar-refractivity contribution in [2.24, 2.45) is 0 Å². The summed E-state index contributed by atoms with van der Waals surface area (Å²) in [7, 11) is 0. The molecule has 0 aromatic carbocycles. The van der Waals surface area contributed by atoms with Crippen LogP contribution in [0, 0.1) is 0 Å². The van der Waals surface area contributed by atoms with Crippen LogP contribution in [0.3, 0.4) is 0 Å². The summed E-state index contributed by atoms with van der Waals surface area (Å²) >= 11 is 0. The minimum atomic E-state index is -0.167. The second kappa shape index (κ2) is 25.9. The van der Waals surface area contributed by atoms with E-state index in [9.17, 15) is 9.59 Å². The molecule has 0 aliphatic heterocycles. The fourth-order valence-corrected chi connectivity index (χ4v) is 0.645. The molecule has 0 saturated heterocycles. The van der Waals surface area contributed by atoms with E-state index in [2.05, 4.69) is 0 Å². The molecule has 5 nitrogen and oxygen atoms in total. The minimum Gasteiger partial charge on any atom is -0.394 e. The Hall–Kier alpha value is -0.0657. The summed E-state index contributed by atoms with van der Waals surface area (Å²) in [6.07, 6.45) is 1.000. The fraction of sp³-hybridized carbons (Fsp3) is 0.875. The molecule has 0 unspecified atom stereocenters. The van der Waals surface area contributed by atoms with E-state index >= 15 is 0 Å². The zero-order chi connectivity index (χ0) is 18.0. The largest absolute Gasteiger partial charge is 0.394 e. The number of Topliss-reactive ketones (excluding diaryl/α,β-unsaturated/α-hetero) is 2. The molecule has 0 aliphatic carbocycles. The van der Waals surface area contributed by atoms with Gasteiger partial charge in [-0.3, -0.25) is 9.59 Å². The zero-order valence-electron chi connectivity index (χ0n) is 15.5. The van der Waals surface area contributed by atoms with Gasteiger partial charge in [0.15, 0.2) is 0 Å². The maximum Gasteiger partial charge on any atom is 0.140 e. The van der Waals surface area contributed by atoms with Gasteiger partial charge in [-0.15, -0.1) is 0 Å². The molecule has 0 heterocycles. The molecule has 0 atom stereocenters. The maximum absolute atomic E-state index is 10.6. The number of carbonyl (C=O) groups excluding carboxylic acids is 2. The van der Waals surface area contributed by atoms with Gasteiger partial charge in [-0.25, -0.2) is 0 Å². The van der Waals surface area contributed by atoms with Crippen molar-refractivity contribution in [1.29, 1.82) is 0 Å². The fourth-order valence-electron chi connectivity index (χ4n) is 0.645. The van der Waals surface area contributed by atoms with E-state index in [1.807, 2.05) is 6.92 Å². The van der Waals surface area contributed by atoms with Crippen LogP contribution in [0.4, 0.5) is 0 Å². The van der Waals surface area contributed by atoms with Crippen LogP contribution in [0.5, 0.6) is 0 Å². The summed E-state index contributed by atoms with van der Waals surface area (Å²) in [4.78, 5) is 20.9. The van der Waals surface area contributed by atoms with Gasteiger partial charge < -0.3 is 15.3 Å². The van der Waals surface area contributed by atoms with Crippen molar-refractivity contribution in [3.63, 3.8) is 0 Å². The number of carbonyl (C=O) groups is 2. The molecular formula is C16H36O5Ti. The molecule has 0 saturated carbocycles. The molecule has 0 aliphatic rings. The molecule has 0 bridgehead atoms. The van der Waals surface area contributed by atoms with Gasteiger partial charge in [-0.05, 0) is 54.9 Å². The number of ketones is 2. The van der Waals surface area contributed by atoms with Crippen LogP contribution in [0.25, 0.3) is 0 Å². The first kappa shape index (κ1) is 33.5. The van der Waals surface area contributed by atoms with Crippen molar-refractivity contribution < 1.29 is 46.6 Å². The Balaban J connectivity index is -0.0000000632. The van der Waals surface area contributed by atoms with Crippen LogP contribution < -0.4 is 0 Å². The number of hydrogen-bond donors (Lipinski definition) is 3. The van der Waals surface area contributed by atoms with Gasteiger partial charge in [0.05, 0.1) is 6.42 Å². The number of rotatable bonds is 4.